The molecule has 1 aliphatic rings. The molecular weight excluding hydrogens is 450 g/mol. The van der Waals surface area contributed by atoms with Crippen molar-refractivity contribution in [3.05, 3.63) is 47.1 Å². The number of nitrogens with one attached hydrogen (secondary N) is 1. The van der Waals surface area contributed by atoms with Crippen LogP contribution in [0.3, 0.4) is 0 Å². The summed E-state index contributed by atoms with van der Waals surface area (Å²) in [4.78, 5) is 17.1. The fourth-order valence-electron chi connectivity index (χ4n) is 2.95. The first kappa shape index (κ1) is 20.3. The second kappa shape index (κ2) is 8.72. The van der Waals surface area contributed by atoms with Gasteiger partial charge < -0.3 is 5.32 Å². The van der Waals surface area contributed by atoms with E-state index in [9.17, 15) is 13.2 Å². The van der Waals surface area contributed by atoms with Gasteiger partial charge in [0.2, 0.25) is 15.9 Å². The van der Waals surface area contributed by atoms with E-state index in [4.69, 9.17) is 0 Å². The highest BCUT2D eigenvalue weighted by molar-refractivity contribution is 9.10. The first-order valence-corrected chi connectivity index (χ1v) is 11.9. The van der Waals surface area contributed by atoms with Gasteiger partial charge >= 0.3 is 0 Å². The van der Waals surface area contributed by atoms with Gasteiger partial charge in [-0.2, -0.15) is 4.31 Å². The van der Waals surface area contributed by atoms with Crippen LogP contribution in [-0.4, -0.2) is 43.0 Å². The lowest BCUT2D eigenvalue weighted by molar-refractivity contribution is -0.120. The van der Waals surface area contributed by atoms with Crippen LogP contribution in [0.4, 0.5) is 5.69 Å². The average molecular weight is 470 g/mol. The van der Waals surface area contributed by atoms with Crippen LogP contribution in [0.15, 0.2) is 57.0 Å². The molecule has 3 rings (SSSR count). The zero-order valence-electron chi connectivity index (χ0n) is 14.8. The molecule has 144 valence electrons. The fourth-order valence-corrected chi connectivity index (χ4v) is 5.10. The number of hydrogen-bond acceptors (Lipinski definition) is 5. The molecule has 0 bridgehead atoms. The quantitative estimate of drug-likeness (QED) is 0.676. The molecule has 1 saturated heterocycles. The Morgan fingerprint density at radius 3 is 2.63 bits per heavy atom. The largest absolute Gasteiger partial charge is 0.324 e. The summed E-state index contributed by atoms with van der Waals surface area (Å²) in [5.74, 6) is -0.561. The molecule has 2 heterocycles. The zero-order chi connectivity index (χ0) is 19.4. The Hall–Kier alpha value is -1.42. The molecule has 1 unspecified atom stereocenters. The smallest absolute Gasteiger partial charge is 0.243 e. The Morgan fingerprint density at radius 1 is 1.26 bits per heavy atom. The average Bonchev–Trinajstić information content (AvgIpc) is 2.69. The van der Waals surface area contributed by atoms with E-state index in [0.717, 1.165) is 9.50 Å². The molecule has 2 aromatic rings. The summed E-state index contributed by atoms with van der Waals surface area (Å²) in [6.07, 6.45) is 4.86. The molecule has 27 heavy (non-hydrogen) atoms. The predicted octanol–water partition coefficient (Wildman–Crippen LogP) is 3.61. The number of carbonyl (C=O) groups is 1. The molecule has 1 amide bonds. The van der Waals surface area contributed by atoms with E-state index in [0.29, 0.717) is 25.1 Å². The van der Waals surface area contributed by atoms with E-state index in [-0.39, 0.29) is 23.3 Å². The maximum Gasteiger partial charge on any atom is 0.243 e. The van der Waals surface area contributed by atoms with Crippen molar-refractivity contribution in [1.82, 2.24) is 9.29 Å². The van der Waals surface area contributed by atoms with E-state index in [1.54, 1.807) is 36.5 Å². The van der Waals surface area contributed by atoms with E-state index in [2.05, 4.69) is 26.2 Å². The van der Waals surface area contributed by atoms with Gasteiger partial charge in [-0.25, -0.2) is 13.4 Å². The fraction of sp³-hybridized carbons (Fsp3) is 0.333. The number of rotatable bonds is 5. The Morgan fingerprint density at radius 2 is 2.00 bits per heavy atom. The Bertz CT molecular complexity index is 902. The second-order valence-corrected chi connectivity index (χ2v) is 9.91. The zero-order valence-corrected chi connectivity index (χ0v) is 18.0. The Labute approximate surface area is 171 Å². The topological polar surface area (TPSA) is 79.4 Å². The predicted molar refractivity (Wildman–Crippen MR) is 110 cm³/mol. The van der Waals surface area contributed by atoms with Crippen molar-refractivity contribution in [2.24, 2.45) is 5.92 Å². The molecule has 9 heteroatoms. The van der Waals surface area contributed by atoms with Crippen LogP contribution >= 0.6 is 27.7 Å². The third-order valence-corrected chi connectivity index (χ3v) is 7.49. The number of sulfonamides is 1. The van der Waals surface area contributed by atoms with E-state index in [1.165, 1.54) is 16.1 Å². The lowest BCUT2D eigenvalue weighted by atomic mass is 9.99. The molecular formula is C18H20BrN3O3S2. The van der Waals surface area contributed by atoms with Gasteiger partial charge in [0.15, 0.2) is 0 Å². The molecule has 1 atom stereocenters. The number of amides is 1. The van der Waals surface area contributed by atoms with Crippen LogP contribution in [0.2, 0.25) is 0 Å². The molecule has 0 aliphatic carbocycles. The van der Waals surface area contributed by atoms with E-state index in [1.807, 2.05) is 12.3 Å². The molecule has 1 aromatic carbocycles. The molecule has 6 nitrogen and oxygen atoms in total. The van der Waals surface area contributed by atoms with Gasteiger partial charge in [-0.05, 0) is 55.5 Å². The highest BCUT2D eigenvalue weighted by Crippen LogP contribution is 2.26. The van der Waals surface area contributed by atoms with Gasteiger partial charge in [0.05, 0.1) is 27.7 Å². The van der Waals surface area contributed by atoms with Crippen LogP contribution in [0, 0.1) is 5.92 Å². The van der Waals surface area contributed by atoms with Crippen LogP contribution in [0.25, 0.3) is 0 Å². The number of aromatic nitrogens is 1. The summed E-state index contributed by atoms with van der Waals surface area (Å²) >= 11 is 4.84. The summed E-state index contributed by atoms with van der Waals surface area (Å²) in [5.41, 5.74) is 0.616. The first-order valence-electron chi connectivity index (χ1n) is 8.47. The van der Waals surface area contributed by atoms with E-state index >= 15 is 0 Å². The number of halogens is 1. The van der Waals surface area contributed by atoms with Crippen LogP contribution < -0.4 is 5.32 Å². The number of anilines is 1. The van der Waals surface area contributed by atoms with Gasteiger partial charge in [0.25, 0.3) is 0 Å². The Kier molecular flexibility index (Phi) is 6.56. The summed E-state index contributed by atoms with van der Waals surface area (Å²) in [5, 5.41) is 3.72. The number of thioether (sulfide) groups is 1. The van der Waals surface area contributed by atoms with Gasteiger partial charge in [-0.3, -0.25) is 4.79 Å². The second-order valence-electron chi connectivity index (χ2n) is 6.23. The minimum atomic E-state index is -3.61. The van der Waals surface area contributed by atoms with Crippen molar-refractivity contribution in [2.75, 3.05) is 24.7 Å². The van der Waals surface area contributed by atoms with Crippen LogP contribution in [0.1, 0.15) is 12.8 Å². The number of carbonyl (C=O) groups excluding carboxylic acids is 1. The number of pyridine rings is 1. The standard InChI is InChI=1S/C18H20BrN3O3S2/c1-26-17-9-6-15(11-20-17)21-18(23)13-3-2-10-22(12-13)27(24,25)16-7-4-14(19)5-8-16/h4-9,11,13H,2-3,10,12H2,1H3,(H,21,23). The SMILES string of the molecule is CSc1ccc(NC(=O)C2CCCN(S(=O)(=O)c3ccc(Br)cc3)C2)cn1. The normalized spacial score (nSPS) is 18.2. The maximum absolute atomic E-state index is 12.9. The molecule has 1 aliphatic heterocycles. The molecule has 0 radical (unpaired) electrons. The van der Waals surface area contributed by atoms with Crippen LogP contribution in [0.5, 0.6) is 0 Å². The van der Waals surface area contributed by atoms with Gasteiger partial charge in [0.1, 0.15) is 0 Å². The molecule has 0 spiro atoms. The summed E-state index contributed by atoms with van der Waals surface area (Å²) in [7, 11) is -3.61. The highest BCUT2D eigenvalue weighted by Gasteiger charge is 2.33. The van der Waals surface area contributed by atoms with E-state index < -0.39 is 10.0 Å². The Balaban J connectivity index is 1.69. The van der Waals surface area contributed by atoms with Gasteiger partial charge in [0, 0.05) is 17.6 Å². The van der Waals surface area contributed by atoms with Crippen molar-refractivity contribution in [1.29, 1.82) is 0 Å². The number of nitrogens with zero attached hydrogens (tertiary/aromatic N) is 2. The number of benzene rings is 1. The lowest BCUT2D eigenvalue weighted by Crippen LogP contribution is -2.43. The van der Waals surface area contributed by atoms with Crippen molar-refractivity contribution in [2.45, 2.75) is 22.8 Å². The first-order chi connectivity index (χ1) is 12.9. The van der Waals surface area contributed by atoms with Crippen molar-refractivity contribution >= 4 is 49.3 Å². The highest BCUT2D eigenvalue weighted by atomic mass is 79.9. The van der Waals surface area contributed by atoms with Crippen molar-refractivity contribution in [3.63, 3.8) is 0 Å². The third kappa shape index (κ3) is 4.90. The minimum absolute atomic E-state index is 0.176. The van der Waals surface area contributed by atoms with Crippen molar-refractivity contribution in [3.8, 4) is 0 Å². The molecule has 1 aromatic heterocycles. The van der Waals surface area contributed by atoms with Gasteiger partial charge in [-0.15, -0.1) is 11.8 Å². The number of piperidine rings is 1. The van der Waals surface area contributed by atoms with Crippen molar-refractivity contribution < 1.29 is 13.2 Å². The summed E-state index contributed by atoms with van der Waals surface area (Å²) in [6.45, 7) is 0.604. The monoisotopic (exact) mass is 469 g/mol. The van der Waals surface area contributed by atoms with Gasteiger partial charge in [-0.1, -0.05) is 15.9 Å². The summed E-state index contributed by atoms with van der Waals surface area (Å²) in [6, 6.07) is 10.2. The van der Waals surface area contributed by atoms with Crippen LogP contribution in [-0.2, 0) is 14.8 Å². The molecule has 0 saturated carbocycles. The molecule has 1 N–H and O–H groups in total. The lowest BCUT2D eigenvalue weighted by Gasteiger charge is -2.31. The number of hydrogen-bond donors (Lipinski definition) is 1. The summed E-state index contributed by atoms with van der Waals surface area (Å²) < 4.78 is 27.9. The molecule has 1 fully saturated rings. The third-order valence-electron chi connectivity index (χ3n) is 4.42. The minimum Gasteiger partial charge on any atom is -0.324 e. The maximum atomic E-state index is 12.9.